The van der Waals surface area contributed by atoms with Crippen LogP contribution < -0.4 is 48.5 Å². The maximum Gasteiger partial charge on any atom is 0.255 e. The molecule has 0 spiro atoms. The van der Waals surface area contributed by atoms with Gasteiger partial charge in [0.25, 0.3) is 5.91 Å². The van der Waals surface area contributed by atoms with E-state index in [1.807, 2.05) is 42.5 Å². The molecule has 0 saturated carbocycles. The smallest absolute Gasteiger partial charge is 0.255 e. The molecule has 0 fully saturated rings. The van der Waals surface area contributed by atoms with Crippen molar-refractivity contribution in [2.24, 2.45) is 5.16 Å². The lowest BCUT2D eigenvalue weighted by Crippen LogP contribution is -2.38. The van der Waals surface area contributed by atoms with E-state index in [0.29, 0.717) is 99.6 Å². The molecule has 2 atom stereocenters. The van der Waals surface area contributed by atoms with Gasteiger partial charge in [0.1, 0.15) is 6.17 Å². The van der Waals surface area contributed by atoms with Gasteiger partial charge >= 0.3 is 0 Å². The van der Waals surface area contributed by atoms with Gasteiger partial charge in [-0.2, -0.15) is 0 Å². The number of halogens is 1. The van der Waals surface area contributed by atoms with Crippen molar-refractivity contribution in [3.63, 3.8) is 0 Å². The van der Waals surface area contributed by atoms with Crippen LogP contribution in [0.5, 0.6) is 46.0 Å². The lowest BCUT2D eigenvalue weighted by atomic mass is 9.99. The van der Waals surface area contributed by atoms with Crippen LogP contribution in [0.25, 0.3) is 0 Å². The number of anilines is 1. The summed E-state index contributed by atoms with van der Waals surface area (Å²) in [6, 6.07) is 18.0. The molecular weight excluding hydrogens is 718 g/mol. The number of methoxy groups -OCH3 is 6. The van der Waals surface area contributed by atoms with E-state index in [9.17, 15) is 4.79 Å². The van der Waals surface area contributed by atoms with Crippen LogP contribution in [-0.4, -0.2) is 60.9 Å². The summed E-state index contributed by atoms with van der Waals surface area (Å²) in [6.45, 7) is 4.48. The Morgan fingerprint density at radius 3 is 2.07 bits per heavy atom. The molecule has 2 aliphatic rings. The van der Waals surface area contributed by atoms with E-state index < -0.39 is 6.17 Å². The number of hydrogen-bond acceptors (Lipinski definition) is 12. The summed E-state index contributed by atoms with van der Waals surface area (Å²) in [7, 11) is 9.37. The van der Waals surface area contributed by atoms with Crippen molar-refractivity contribution >= 4 is 28.9 Å². The minimum Gasteiger partial charge on any atom is -0.493 e. The lowest BCUT2D eigenvalue weighted by molar-refractivity contribution is 0.0853. The maximum atomic E-state index is 12.7. The topological polar surface area (TPSA) is 137 Å². The fourth-order valence-corrected chi connectivity index (χ4v) is 6.36. The van der Waals surface area contributed by atoms with Crippen LogP contribution in [-0.2, 0) is 4.84 Å². The molecule has 2 N–H and O–H groups in total. The van der Waals surface area contributed by atoms with Crippen LogP contribution in [0.3, 0.4) is 0 Å². The average molecular weight is 760 g/mol. The summed E-state index contributed by atoms with van der Waals surface area (Å²) in [5, 5.41) is 11.1. The Morgan fingerprint density at radius 1 is 0.778 bits per heavy atom. The number of nitrogens with one attached hydrogen (secondary N) is 2. The molecule has 4 aromatic carbocycles. The number of oxime groups is 1. The minimum atomic E-state index is -0.456. The van der Waals surface area contributed by atoms with Gasteiger partial charge in [0.15, 0.2) is 40.6 Å². The Bertz CT molecular complexity index is 2020. The SMILES string of the molecule is C=C(CCCOc1ccc(C2NC(=O)c3cc(Cl)ccc3N2)cc1OC)Oc1c(OC)cc(C2=NOC(c3cc(OC)c(OC)c(OC)c3)C2)cc1OC. The number of ether oxygens (including phenoxy) is 8. The molecule has 1 amide bonds. The largest absolute Gasteiger partial charge is 0.493 e. The van der Waals surface area contributed by atoms with Crippen LogP contribution in [0.15, 0.2) is 78.2 Å². The van der Waals surface area contributed by atoms with Gasteiger partial charge in [0.05, 0.1) is 66.3 Å². The van der Waals surface area contributed by atoms with Crippen LogP contribution in [0.1, 0.15) is 58.6 Å². The van der Waals surface area contributed by atoms with Gasteiger partial charge in [-0.25, -0.2) is 0 Å². The standard InChI is InChI=1S/C40H42ClN3O10/c1-22(9-8-14-52-30-13-10-23(15-32(30)46-2)39-42-28-12-11-26(41)20-27(28)40(45)43-39)53-38-35(49-5)16-24(17-36(38)50-6)29-21-31(54-44-29)25-18-33(47-3)37(51-7)34(19-25)48-4/h10-13,15-20,31,39,42H,1,8-9,14,21H2,2-7H3,(H,43,45). The van der Waals surface area contributed by atoms with Gasteiger partial charge in [-0.3, -0.25) is 4.79 Å². The molecule has 13 nitrogen and oxygen atoms in total. The molecule has 0 bridgehead atoms. The van der Waals surface area contributed by atoms with Crippen LogP contribution in [0, 0.1) is 0 Å². The first-order valence-corrected chi connectivity index (χ1v) is 17.4. The summed E-state index contributed by atoms with van der Waals surface area (Å²) in [5.74, 6) is 4.20. The number of amides is 1. The summed E-state index contributed by atoms with van der Waals surface area (Å²) in [5.41, 5.74) is 4.26. The molecule has 14 heteroatoms. The van der Waals surface area contributed by atoms with Crippen molar-refractivity contribution < 1.29 is 47.5 Å². The normalized spacial score (nSPS) is 15.8. The number of benzene rings is 4. The fraction of sp³-hybridized carbons (Fsp3) is 0.300. The fourth-order valence-electron chi connectivity index (χ4n) is 6.19. The van der Waals surface area contributed by atoms with E-state index in [-0.39, 0.29) is 12.0 Å². The highest BCUT2D eigenvalue weighted by molar-refractivity contribution is 6.31. The Balaban J connectivity index is 1.05. The predicted octanol–water partition coefficient (Wildman–Crippen LogP) is 7.86. The Morgan fingerprint density at radius 2 is 1.43 bits per heavy atom. The predicted molar refractivity (Wildman–Crippen MR) is 203 cm³/mol. The molecule has 0 saturated heterocycles. The van der Waals surface area contributed by atoms with Crippen molar-refractivity contribution in [1.82, 2.24) is 5.32 Å². The zero-order valence-electron chi connectivity index (χ0n) is 30.9. The van der Waals surface area contributed by atoms with Crippen LogP contribution in [0.2, 0.25) is 5.02 Å². The molecule has 0 radical (unpaired) electrons. The monoisotopic (exact) mass is 759 g/mol. The zero-order valence-corrected chi connectivity index (χ0v) is 31.6. The van der Waals surface area contributed by atoms with E-state index in [1.54, 1.807) is 60.9 Å². The van der Waals surface area contributed by atoms with Crippen LogP contribution >= 0.6 is 11.6 Å². The summed E-state index contributed by atoms with van der Waals surface area (Å²) in [4.78, 5) is 18.6. The number of allylic oxidation sites excluding steroid dienone is 1. The Labute approximate surface area is 318 Å². The third-order valence-corrected chi connectivity index (χ3v) is 9.18. The van der Waals surface area contributed by atoms with E-state index in [4.69, 9.17) is 54.3 Å². The molecule has 4 aromatic rings. The Kier molecular flexibility index (Phi) is 11.8. The summed E-state index contributed by atoms with van der Waals surface area (Å²) < 4.78 is 45.8. The molecule has 0 aliphatic carbocycles. The van der Waals surface area contributed by atoms with E-state index in [0.717, 1.165) is 16.7 Å². The highest BCUT2D eigenvalue weighted by atomic mass is 35.5. The summed E-state index contributed by atoms with van der Waals surface area (Å²) in [6.07, 6.45) is 0.735. The first-order valence-electron chi connectivity index (χ1n) is 17.0. The van der Waals surface area contributed by atoms with Crippen molar-refractivity contribution in [1.29, 1.82) is 0 Å². The van der Waals surface area contributed by atoms with E-state index in [1.165, 1.54) is 0 Å². The molecule has 2 aliphatic heterocycles. The van der Waals surface area contributed by atoms with E-state index >= 15 is 0 Å². The van der Waals surface area contributed by atoms with Crippen molar-refractivity contribution in [2.75, 3.05) is 54.6 Å². The molecular formula is C40H42ClN3O10. The highest BCUT2D eigenvalue weighted by Crippen LogP contribution is 2.44. The quantitative estimate of drug-likeness (QED) is 0.0854. The van der Waals surface area contributed by atoms with Crippen molar-refractivity contribution in [3.05, 3.63) is 100 Å². The lowest BCUT2D eigenvalue weighted by Gasteiger charge is -2.28. The third-order valence-electron chi connectivity index (χ3n) is 8.95. The van der Waals surface area contributed by atoms with Crippen LogP contribution in [0.4, 0.5) is 5.69 Å². The zero-order chi connectivity index (χ0) is 38.4. The second-order valence-corrected chi connectivity index (χ2v) is 12.7. The van der Waals surface area contributed by atoms with Crippen molar-refractivity contribution in [2.45, 2.75) is 31.5 Å². The molecule has 284 valence electrons. The van der Waals surface area contributed by atoms with Gasteiger partial charge in [-0.1, -0.05) is 29.4 Å². The molecule has 2 unspecified atom stereocenters. The number of hydrogen-bond donors (Lipinski definition) is 2. The number of rotatable bonds is 16. The third kappa shape index (κ3) is 8.01. The number of fused-ring (bicyclic) bond motifs is 1. The minimum absolute atomic E-state index is 0.218. The highest BCUT2D eigenvalue weighted by Gasteiger charge is 2.29. The van der Waals surface area contributed by atoms with Gasteiger partial charge in [0, 0.05) is 34.7 Å². The van der Waals surface area contributed by atoms with Crippen molar-refractivity contribution in [3.8, 4) is 46.0 Å². The number of carbonyl (C=O) groups excluding carboxylic acids is 1. The number of carbonyl (C=O) groups is 1. The Hall–Kier alpha value is -5.95. The van der Waals surface area contributed by atoms with Gasteiger partial charge in [0.2, 0.25) is 11.5 Å². The first-order chi connectivity index (χ1) is 26.2. The molecule has 6 rings (SSSR count). The van der Waals surface area contributed by atoms with Gasteiger partial charge in [-0.15, -0.1) is 0 Å². The maximum absolute atomic E-state index is 12.7. The molecule has 0 aromatic heterocycles. The first kappa shape index (κ1) is 37.8. The number of nitrogens with zero attached hydrogens (tertiary/aromatic N) is 1. The second-order valence-electron chi connectivity index (χ2n) is 12.2. The summed E-state index contributed by atoms with van der Waals surface area (Å²) >= 11 is 6.07. The van der Waals surface area contributed by atoms with Gasteiger partial charge < -0.3 is 53.4 Å². The molecule has 54 heavy (non-hydrogen) atoms. The van der Waals surface area contributed by atoms with E-state index in [2.05, 4.69) is 22.4 Å². The molecule has 2 heterocycles. The second kappa shape index (κ2) is 16.8. The average Bonchev–Trinajstić information content (AvgIpc) is 3.69. The van der Waals surface area contributed by atoms with Gasteiger partial charge in [-0.05, 0) is 66.6 Å².